The van der Waals surface area contributed by atoms with Crippen LogP contribution in [0.5, 0.6) is 11.5 Å². The maximum atomic E-state index is 12.9. The number of rotatable bonds is 5. The van der Waals surface area contributed by atoms with E-state index >= 15 is 0 Å². The Morgan fingerprint density at radius 1 is 1.26 bits per heavy atom. The van der Waals surface area contributed by atoms with Crippen molar-refractivity contribution in [1.82, 2.24) is 5.32 Å². The number of thiophene rings is 1. The van der Waals surface area contributed by atoms with Crippen LogP contribution in [0.15, 0.2) is 18.2 Å². The Hall–Kier alpha value is -2.25. The molecule has 3 heterocycles. The van der Waals surface area contributed by atoms with E-state index in [2.05, 4.69) is 17.6 Å². The largest absolute Gasteiger partial charge is 0.493 e. The third-order valence-corrected chi connectivity index (χ3v) is 6.49. The molecule has 144 valence electrons. The molecule has 1 amide bonds. The molecule has 1 unspecified atom stereocenters. The molecule has 0 aliphatic carbocycles. The summed E-state index contributed by atoms with van der Waals surface area (Å²) in [5.41, 5.74) is 3.03. The molecule has 1 aromatic heterocycles. The molecule has 0 fully saturated rings. The summed E-state index contributed by atoms with van der Waals surface area (Å²) in [5, 5.41) is 7.61. The van der Waals surface area contributed by atoms with Crippen LogP contribution in [0.4, 0.5) is 5.00 Å². The molecule has 1 aromatic carbocycles. The summed E-state index contributed by atoms with van der Waals surface area (Å²) >= 11 is 1.73. The molecule has 27 heavy (non-hydrogen) atoms. The van der Waals surface area contributed by atoms with Crippen molar-refractivity contribution < 1.29 is 19.2 Å². The fraction of sp³-hybridized carbons (Fsp3) is 0.450. The van der Waals surface area contributed by atoms with E-state index in [4.69, 9.17) is 9.47 Å². The van der Waals surface area contributed by atoms with Crippen molar-refractivity contribution >= 4 is 22.2 Å². The number of hydrogen-bond acceptors (Lipinski definition) is 5. The number of methoxy groups -OCH3 is 1. The second kappa shape index (κ2) is 7.40. The average Bonchev–Trinajstić information content (AvgIpc) is 3.06. The highest BCUT2D eigenvalue weighted by atomic mass is 32.1. The normalized spacial score (nSPS) is 20.9. The minimum Gasteiger partial charge on any atom is -0.493 e. The molecule has 2 aromatic rings. The number of carbonyl (C=O) groups excluding carboxylic acids is 1. The number of nitrogens with one attached hydrogen (secondary N) is 3. The van der Waals surface area contributed by atoms with Gasteiger partial charge in [-0.1, -0.05) is 6.07 Å². The van der Waals surface area contributed by atoms with Crippen LogP contribution in [0.3, 0.4) is 0 Å². The standard InChI is InChI=1S/C20H25N3O3S/c1-4-23-9-8-13-16(11-23)27-20-17(13)19(24)21-18(22-20)12-6-7-14(26-5-2)15(10-12)25-3/h6-7,10,18,22H,4-5,8-9,11H2,1-3H3,(H,21,24)/p+1/t18-/m1/s1. The average molecular weight is 389 g/mol. The maximum absolute atomic E-state index is 12.9. The molecule has 4 rings (SSSR count). The smallest absolute Gasteiger partial charge is 0.256 e. The molecule has 6 nitrogen and oxygen atoms in total. The number of benzene rings is 1. The van der Waals surface area contributed by atoms with Gasteiger partial charge in [0.05, 0.1) is 37.2 Å². The summed E-state index contributed by atoms with van der Waals surface area (Å²) in [6.45, 7) is 7.97. The maximum Gasteiger partial charge on any atom is 0.256 e. The predicted octanol–water partition coefficient (Wildman–Crippen LogP) is 1.97. The Balaban J connectivity index is 1.62. The number of carbonyl (C=O) groups is 1. The second-order valence-corrected chi connectivity index (χ2v) is 7.99. The lowest BCUT2D eigenvalue weighted by atomic mass is 10.0. The van der Waals surface area contributed by atoms with E-state index in [0.29, 0.717) is 18.1 Å². The zero-order valence-electron chi connectivity index (χ0n) is 16.0. The highest BCUT2D eigenvalue weighted by molar-refractivity contribution is 7.16. The number of fused-ring (bicyclic) bond motifs is 3. The monoisotopic (exact) mass is 388 g/mol. The number of likely N-dealkylation sites (N-methyl/N-ethyl adjacent to an activating group) is 1. The number of anilines is 1. The van der Waals surface area contributed by atoms with Crippen molar-refractivity contribution in [2.24, 2.45) is 0 Å². The topological polar surface area (TPSA) is 64.0 Å². The molecule has 2 aliphatic rings. The highest BCUT2D eigenvalue weighted by Crippen LogP contribution is 2.40. The Kier molecular flexibility index (Phi) is 4.97. The summed E-state index contributed by atoms with van der Waals surface area (Å²) in [6.07, 6.45) is 0.699. The van der Waals surface area contributed by atoms with Gasteiger partial charge in [0.15, 0.2) is 11.5 Å². The lowest BCUT2D eigenvalue weighted by Crippen LogP contribution is -3.11. The van der Waals surface area contributed by atoms with E-state index in [0.717, 1.165) is 42.2 Å². The quantitative estimate of drug-likeness (QED) is 0.733. The Bertz CT molecular complexity index is 864. The molecular weight excluding hydrogens is 362 g/mol. The van der Waals surface area contributed by atoms with Crippen molar-refractivity contribution in [2.45, 2.75) is 33.0 Å². The van der Waals surface area contributed by atoms with Crippen LogP contribution in [0.25, 0.3) is 0 Å². The second-order valence-electron chi connectivity index (χ2n) is 6.88. The summed E-state index contributed by atoms with van der Waals surface area (Å²) in [5.74, 6) is 1.39. The lowest BCUT2D eigenvalue weighted by Gasteiger charge is -2.27. The van der Waals surface area contributed by atoms with E-state index in [1.165, 1.54) is 10.4 Å². The molecule has 3 N–H and O–H groups in total. The molecule has 7 heteroatoms. The molecule has 0 spiro atoms. The van der Waals surface area contributed by atoms with Gasteiger partial charge in [0, 0.05) is 6.42 Å². The number of hydrogen-bond donors (Lipinski definition) is 3. The number of ether oxygens (including phenoxy) is 2. The van der Waals surface area contributed by atoms with Crippen LogP contribution in [0.1, 0.15) is 46.4 Å². The van der Waals surface area contributed by atoms with Gasteiger partial charge >= 0.3 is 0 Å². The van der Waals surface area contributed by atoms with Gasteiger partial charge < -0.3 is 25.0 Å². The van der Waals surface area contributed by atoms with Crippen molar-refractivity contribution in [2.75, 3.05) is 32.1 Å². The van der Waals surface area contributed by atoms with Gasteiger partial charge in [0.2, 0.25) is 0 Å². The fourth-order valence-corrected chi connectivity index (χ4v) is 5.20. The Morgan fingerprint density at radius 3 is 2.85 bits per heavy atom. The first-order valence-electron chi connectivity index (χ1n) is 9.50. The van der Waals surface area contributed by atoms with Gasteiger partial charge in [0.1, 0.15) is 17.7 Å². The molecule has 0 saturated heterocycles. The first kappa shape index (κ1) is 18.1. The summed E-state index contributed by atoms with van der Waals surface area (Å²) in [4.78, 5) is 15.8. The number of amides is 1. The fourth-order valence-electron chi connectivity index (χ4n) is 3.86. The van der Waals surface area contributed by atoms with Gasteiger partial charge in [0.25, 0.3) is 5.91 Å². The van der Waals surface area contributed by atoms with Gasteiger partial charge in [-0.15, -0.1) is 11.3 Å². The summed E-state index contributed by atoms with van der Waals surface area (Å²) < 4.78 is 11.0. The Labute approximate surface area is 163 Å². The van der Waals surface area contributed by atoms with Crippen LogP contribution < -0.4 is 25.0 Å². The van der Waals surface area contributed by atoms with Crippen LogP contribution in [0, 0.1) is 0 Å². The van der Waals surface area contributed by atoms with E-state index in [9.17, 15) is 4.79 Å². The van der Waals surface area contributed by atoms with Crippen LogP contribution in [-0.4, -0.2) is 32.7 Å². The van der Waals surface area contributed by atoms with Crippen molar-refractivity contribution in [1.29, 1.82) is 0 Å². The van der Waals surface area contributed by atoms with Crippen LogP contribution in [-0.2, 0) is 13.0 Å². The highest BCUT2D eigenvalue weighted by Gasteiger charge is 2.34. The van der Waals surface area contributed by atoms with Gasteiger partial charge in [-0.25, -0.2) is 0 Å². The van der Waals surface area contributed by atoms with E-state index in [1.807, 2.05) is 25.1 Å². The predicted molar refractivity (Wildman–Crippen MR) is 106 cm³/mol. The number of quaternary nitrogens is 1. The minimum absolute atomic E-state index is 0.0130. The summed E-state index contributed by atoms with van der Waals surface area (Å²) in [6, 6.07) is 5.78. The summed E-state index contributed by atoms with van der Waals surface area (Å²) in [7, 11) is 1.63. The molecule has 0 bridgehead atoms. The van der Waals surface area contributed by atoms with Gasteiger partial charge in [-0.3, -0.25) is 4.79 Å². The third kappa shape index (κ3) is 3.26. The zero-order valence-corrected chi connectivity index (χ0v) is 16.8. The van der Waals surface area contributed by atoms with Crippen LogP contribution in [0.2, 0.25) is 0 Å². The third-order valence-electron chi connectivity index (χ3n) is 5.33. The van der Waals surface area contributed by atoms with E-state index < -0.39 is 0 Å². The molecule has 0 radical (unpaired) electrons. The zero-order chi connectivity index (χ0) is 19.0. The van der Waals surface area contributed by atoms with Crippen molar-refractivity contribution in [3.63, 3.8) is 0 Å². The van der Waals surface area contributed by atoms with Crippen molar-refractivity contribution in [3.8, 4) is 11.5 Å². The first-order chi connectivity index (χ1) is 13.1. The van der Waals surface area contributed by atoms with Gasteiger partial charge in [-0.05, 0) is 37.1 Å². The lowest BCUT2D eigenvalue weighted by molar-refractivity contribution is -0.913. The van der Waals surface area contributed by atoms with E-state index in [-0.39, 0.29) is 12.1 Å². The minimum atomic E-state index is -0.274. The first-order valence-corrected chi connectivity index (χ1v) is 10.3. The van der Waals surface area contributed by atoms with Crippen molar-refractivity contribution in [3.05, 3.63) is 39.8 Å². The SMILES string of the molecule is CCOc1ccc([C@@H]2NC(=O)c3c(sc4c3CC[NH+](CC)C4)N2)cc1OC. The van der Waals surface area contributed by atoms with Crippen LogP contribution >= 0.6 is 11.3 Å². The molecule has 2 atom stereocenters. The van der Waals surface area contributed by atoms with E-state index in [1.54, 1.807) is 23.3 Å². The molecular formula is C20H26N3O3S+. The van der Waals surface area contributed by atoms with Gasteiger partial charge in [-0.2, -0.15) is 0 Å². The Morgan fingerprint density at radius 2 is 2.11 bits per heavy atom. The molecule has 0 saturated carbocycles. The molecule has 2 aliphatic heterocycles.